The Morgan fingerprint density at radius 2 is 1.47 bits per heavy atom. The molecule has 0 aromatic heterocycles. The van der Waals surface area contributed by atoms with Crippen molar-refractivity contribution in [2.75, 3.05) is 12.4 Å². The van der Waals surface area contributed by atoms with E-state index in [1.807, 2.05) is 54.6 Å². The van der Waals surface area contributed by atoms with Crippen molar-refractivity contribution in [1.82, 2.24) is 5.32 Å². The zero-order chi connectivity index (χ0) is 22.7. The molecule has 4 aromatic rings. The lowest BCUT2D eigenvalue weighted by Crippen LogP contribution is -2.34. The molecule has 0 radical (unpaired) electrons. The zero-order valence-electron chi connectivity index (χ0n) is 17.8. The van der Waals surface area contributed by atoms with Crippen LogP contribution in [0.3, 0.4) is 0 Å². The van der Waals surface area contributed by atoms with Crippen LogP contribution in [0.15, 0.2) is 88.5 Å². The molecular formula is C26H23ClN2O3. The van der Waals surface area contributed by atoms with Crippen molar-refractivity contribution in [3.05, 3.63) is 121 Å². The highest BCUT2D eigenvalue weighted by Crippen LogP contribution is 2.34. The second-order valence-electron chi connectivity index (χ2n) is 7.57. The van der Waals surface area contributed by atoms with Crippen LogP contribution in [0, 0.1) is 0 Å². The lowest BCUT2D eigenvalue weighted by atomic mass is 9.96. The number of benzene rings is 3. The minimum Gasteiger partial charge on any atom is -0.491 e. The van der Waals surface area contributed by atoms with E-state index in [9.17, 15) is 9.59 Å². The Morgan fingerprint density at radius 1 is 0.844 bits per heavy atom. The summed E-state index contributed by atoms with van der Waals surface area (Å²) in [7, 11) is 1.37. The molecule has 0 heterocycles. The van der Waals surface area contributed by atoms with E-state index in [1.165, 1.54) is 7.11 Å². The van der Waals surface area contributed by atoms with Gasteiger partial charge in [-0.05, 0) is 41.8 Å². The van der Waals surface area contributed by atoms with Crippen LogP contribution in [0.1, 0.15) is 35.7 Å². The molecule has 0 fully saturated rings. The zero-order valence-corrected chi connectivity index (χ0v) is 18.5. The van der Waals surface area contributed by atoms with E-state index in [4.69, 9.17) is 16.3 Å². The molecule has 0 bridgehead atoms. The quantitative estimate of drug-likeness (QED) is 0.367. The summed E-state index contributed by atoms with van der Waals surface area (Å²) in [6, 6.07) is 25.5. The maximum absolute atomic E-state index is 12.0. The first kappa shape index (κ1) is 21.8. The molecule has 2 N–H and O–H groups in total. The van der Waals surface area contributed by atoms with Gasteiger partial charge in [0, 0.05) is 16.8 Å². The molecule has 2 atom stereocenters. The maximum atomic E-state index is 12.0. The van der Waals surface area contributed by atoms with Gasteiger partial charge in [-0.1, -0.05) is 72.3 Å². The first-order valence-corrected chi connectivity index (χ1v) is 10.7. The van der Waals surface area contributed by atoms with Gasteiger partial charge in [-0.2, -0.15) is 0 Å². The average Bonchev–Trinajstić information content (AvgIpc) is 2.84. The van der Waals surface area contributed by atoms with E-state index in [0.717, 1.165) is 16.7 Å². The van der Waals surface area contributed by atoms with Crippen molar-refractivity contribution < 1.29 is 4.74 Å². The molecule has 4 aromatic carbocycles. The second-order valence-corrected chi connectivity index (χ2v) is 7.98. The van der Waals surface area contributed by atoms with Crippen LogP contribution in [0.5, 0.6) is 5.75 Å². The Bertz CT molecular complexity index is 1280. The Balaban J connectivity index is 1.71. The van der Waals surface area contributed by atoms with E-state index in [0.29, 0.717) is 10.7 Å². The highest BCUT2D eigenvalue weighted by Gasteiger charge is 2.24. The summed E-state index contributed by atoms with van der Waals surface area (Å²) in [5.74, 6) is 0.0435. The van der Waals surface area contributed by atoms with Crippen molar-refractivity contribution in [2.24, 2.45) is 0 Å². The summed E-state index contributed by atoms with van der Waals surface area (Å²) in [5.41, 5.74) is 2.66. The molecule has 162 valence electrons. The smallest absolute Gasteiger partial charge is 0.272 e. The van der Waals surface area contributed by atoms with Gasteiger partial charge >= 0.3 is 0 Å². The van der Waals surface area contributed by atoms with Gasteiger partial charge in [0.15, 0.2) is 5.75 Å². The van der Waals surface area contributed by atoms with E-state index >= 15 is 0 Å². The van der Waals surface area contributed by atoms with E-state index in [-0.39, 0.29) is 23.5 Å². The van der Waals surface area contributed by atoms with E-state index in [2.05, 4.69) is 29.7 Å². The van der Waals surface area contributed by atoms with Gasteiger partial charge in [-0.25, -0.2) is 0 Å². The van der Waals surface area contributed by atoms with Gasteiger partial charge in [0.1, 0.15) is 5.69 Å². The number of hydrogen-bond donors (Lipinski definition) is 2. The van der Waals surface area contributed by atoms with Crippen LogP contribution in [0.4, 0.5) is 11.4 Å². The van der Waals surface area contributed by atoms with Crippen LogP contribution in [-0.4, -0.2) is 7.11 Å². The Labute approximate surface area is 191 Å². The normalized spacial score (nSPS) is 13.0. The van der Waals surface area contributed by atoms with Crippen LogP contribution >= 0.6 is 11.6 Å². The van der Waals surface area contributed by atoms with Gasteiger partial charge in [0.25, 0.3) is 10.9 Å². The molecule has 0 saturated heterocycles. The van der Waals surface area contributed by atoms with Crippen molar-refractivity contribution >= 4 is 23.0 Å². The lowest BCUT2D eigenvalue weighted by Gasteiger charge is -2.26. The van der Waals surface area contributed by atoms with Crippen molar-refractivity contribution in [3.8, 4) is 5.75 Å². The molecule has 0 spiro atoms. The number of ether oxygens (including phenoxy) is 1. The molecule has 0 amide bonds. The molecule has 5 nitrogen and oxygen atoms in total. The summed E-state index contributed by atoms with van der Waals surface area (Å²) >= 11 is 6.64. The Kier molecular flexibility index (Phi) is 6.40. The summed E-state index contributed by atoms with van der Waals surface area (Å²) in [4.78, 5) is 23.6. The molecule has 0 aliphatic heterocycles. The van der Waals surface area contributed by atoms with Crippen molar-refractivity contribution in [3.63, 3.8) is 0 Å². The lowest BCUT2D eigenvalue weighted by molar-refractivity contribution is 0.408. The molecule has 0 aliphatic carbocycles. The van der Waals surface area contributed by atoms with Crippen molar-refractivity contribution in [1.29, 1.82) is 0 Å². The fraction of sp³-hybridized carbons (Fsp3) is 0.154. The molecular weight excluding hydrogens is 424 g/mol. The number of halogens is 1. The molecule has 0 saturated carbocycles. The van der Waals surface area contributed by atoms with E-state index < -0.39 is 10.9 Å². The minimum atomic E-state index is -0.621. The minimum absolute atomic E-state index is 0.0435. The predicted octanol–water partition coefficient (Wildman–Crippen LogP) is 5.13. The highest BCUT2D eigenvalue weighted by molar-refractivity contribution is 6.31. The summed E-state index contributed by atoms with van der Waals surface area (Å²) in [5, 5.41) is 7.29. The molecule has 6 heteroatoms. The maximum Gasteiger partial charge on any atom is 0.272 e. The third kappa shape index (κ3) is 4.31. The summed E-state index contributed by atoms with van der Waals surface area (Å²) in [6.45, 7) is 2.11. The van der Waals surface area contributed by atoms with Gasteiger partial charge in [0.2, 0.25) is 0 Å². The monoisotopic (exact) mass is 446 g/mol. The SMILES string of the molecule is COc1c(Nc2ccc(Cl)c(C(N[C@@H](C)c3ccccc3)c3ccccc3)c2)c(=O)c1=O. The van der Waals surface area contributed by atoms with Crippen LogP contribution in [-0.2, 0) is 0 Å². The van der Waals surface area contributed by atoms with Gasteiger partial charge in [-0.3, -0.25) is 14.9 Å². The van der Waals surface area contributed by atoms with Crippen LogP contribution in [0.25, 0.3) is 0 Å². The van der Waals surface area contributed by atoms with E-state index in [1.54, 1.807) is 12.1 Å². The Hall–Kier alpha value is -3.41. The van der Waals surface area contributed by atoms with Gasteiger partial charge in [-0.15, -0.1) is 0 Å². The third-order valence-corrected chi connectivity index (χ3v) is 5.84. The highest BCUT2D eigenvalue weighted by atomic mass is 35.5. The third-order valence-electron chi connectivity index (χ3n) is 5.50. The number of methoxy groups -OCH3 is 1. The predicted molar refractivity (Wildman–Crippen MR) is 129 cm³/mol. The number of rotatable bonds is 8. The fourth-order valence-electron chi connectivity index (χ4n) is 3.77. The molecule has 32 heavy (non-hydrogen) atoms. The first-order valence-electron chi connectivity index (χ1n) is 10.3. The number of anilines is 2. The summed E-state index contributed by atoms with van der Waals surface area (Å²) in [6.07, 6.45) is 0. The van der Waals surface area contributed by atoms with Crippen molar-refractivity contribution in [2.45, 2.75) is 19.0 Å². The number of nitrogens with one attached hydrogen (secondary N) is 2. The largest absolute Gasteiger partial charge is 0.491 e. The Morgan fingerprint density at radius 3 is 2.09 bits per heavy atom. The van der Waals surface area contributed by atoms with Crippen LogP contribution in [0.2, 0.25) is 5.02 Å². The topological polar surface area (TPSA) is 67.4 Å². The first-order chi connectivity index (χ1) is 15.5. The standard InChI is InChI=1S/C26H23ClN2O3/c1-16(17-9-5-3-6-10-17)28-22(18-11-7-4-8-12-18)20-15-19(13-14-21(20)27)29-23-24(30)25(31)26(23)32-2/h3-16,22,28-29H,1-2H3/t16-,22?/m0/s1. The summed E-state index contributed by atoms with van der Waals surface area (Å²) < 4.78 is 5.03. The fourth-order valence-corrected chi connectivity index (χ4v) is 3.99. The van der Waals surface area contributed by atoms with Gasteiger partial charge in [0.05, 0.1) is 13.2 Å². The second kappa shape index (κ2) is 9.39. The van der Waals surface area contributed by atoms with Gasteiger partial charge < -0.3 is 10.1 Å². The molecule has 1 unspecified atom stereocenters. The van der Waals surface area contributed by atoms with Crippen LogP contribution < -0.4 is 26.2 Å². The number of hydrogen-bond acceptors (Lipinski definition) is 5. The molecule has 0 aliphatic rings. The molecule has 4 rings (SSSR count). The average molecular weight is 447 g/mol.